The lowest BCUT2D eigenvalue weighted by atomic mass is 9.85. The van der Waals surface area contributed by atoms with Crippen LogP contribution in [0.1, 0.15) is 26.2 Å². The monoisotopic (exact) mass is 258 g/mol. The van der Waals surface area contributed by atoms with E-state index in [0.717, 1.165) is 24.5 Å². The number of carbonyl (C=O) groups is 2. The zero-order chi connectivity index (χ0) is 12.5. The van der Waals surface area contributed by atoms with Crippen molar-refractivity contribution in [2.24, 2.45) is 5.41 Å². The molecule has 1 aliphatic heterocycles. The van der Waals surface area contributed by atoms with E-state index in [1.165, 1.54) is 0 Å². The molecule has 0 aromatic heterocycles. The Morgan fingerprint density at radius 3 is 2.88 bits per heavy atom. The van der Waals surface area contributed by atoms with E-state index in [9.17, 15) is 14.7 Å². The average Bonchev–Trinajstić information content (AvgIpc) is 2.89. The van der Waals surface area contributed by atoms with Crippen LogP contribution in [-0.4, -0.2) is 40.7 Å². The molecule has 3 atom stereocenters. The van der Waals surface area contributed by atoms with Crippen LogP contribution in [0.3, 0.4) is 0 Å². The molecule has 1 heterocycles. The summed E-state index contributed by atoms with van der Waals surface area (Å²) in [6.45, 7) is 1.73. The molecule has 2 fully saturated rings. The van der Waals surface area contributed by atoms with E-state index in [1.54, 1.807) is 18.7 Å². The van der Waals surface area contributed by atoms with E-state index >= 15 is 0 Å². The number of carboxylic acid groups (broad SMARTS) is 1. The van der Waals surface area contributed by atoms with Gasteiger partial charge >= 0.3 is 5.97 Å². The quantitative estimate of drug-likeness (QED) is 0.683. The van der Waals surface area contributed by atoms with Crippen LogP contribution < -0.4 is 10.6 Å². The Hall–Kier alpha value is -0.750. The fourth-order valence-electron chi connectivity index (χ4n) is 2.49. The van der Waals surface area contributed by atoms with Crippen LogP contribution in [0, 0.1) is 5.41 Å². The molecule has 0 aromatic carbocycles. The van der Waals surface area contributed by atoms with Gasteiger partial charge in [-0.2, -0.15) is 0 Å². The van der Waals surface area contributed by atoms with E-state index in [2.05, 4.69) is 10.6 Å². The van der Waals surface area contributed by atoms with Gasteiger partial charge in [0.1, 0.15) is 0 Å². The maximum absolute atomic E-state index is 11.9. The summed E-state index contributed by atoms with van der Waals surface area (Å²) < 4.78 is 0. The van der Waals surface area contributed by atoms with Crippen LogP contribution in [0.2, 0.25) is 0 Å². The van der Waals surface area contributed by atoms with Crippen LogP contribution in [0.15, 0.2) is 0 Å². The molecule has 2 rings (SSSR count). The van der Waals surface area contributed by atoms with E-state index in [1.807, 2.05) is 0 Å². The first-order valence-corrected chi connectivity index (χ1v) is 7.04. The Morgan fingerprint density at radius 2 is 2.29 bits per heavy atom. The molecular weight excluding hydrogens is 240 g/mol. The first kappa shape index (κ1) is 12.7. The zero-order valence-corrected chi connectivity index (χ0v) is 10.7. The Labute approximate surface area is 105 Å². The molecule has 17 heavy (non-hydrogen) atoms. The molecular formula is C11H18N2O3S. The minimum Gasteiger partial charge on any atom is -0.481 e. The van der Waals surface area contributed by atoms with Crippen molar-refractivity contribution in [1.29, 1.82) is 0 Å². The van der Waals surface area contributed by atoms with Gasteiger partial charge < -0.3 is 10.4 Å². The number of carbonyl (C=O) groups excluding carboxylic acids is 1. The van der Waals surface area contributed by atoms with Gasteiger partial charge in [-0.1, -0.05) is 6.42 Å². The van der Waals surface area contributed by atoms with Crippen LogP contribution in [-0.2, 0) is 9.59 Å². The van der Waals surface area contributed by atoms with E-state index in [-0.39, 0.29) is 18.0 Å². The van der Waals surface area contributed by atoms with E-state index in [0.29, 0.717) is 6.42 Å². The lowest BCUT2D eigenvalue weighted by molar-refractivity contribution is -0.149. The van der Waals surface area contributed by atoms with Gasteiger partial charge in [0.25, 0.3) is 0 Å². The lowest BCUT2D eigenvalue weighted by Crippen LogP contribution is -2.52. The number of aliphatic carboxylic acids is 1. The summed E-state index contributed by atoms with van der Waals surface area (Å²) in [6, 6.07) is -0.404. The molecule has 3 N–H and O–H groups in total. The van der Waals surface area contributed by atoms with Crippen molar-refractivity contribution in [2.75, 3.05) is 11.6 Å². The van der Waals surface area contributed by atoms with Crippen LogP contribution >= 0.6 is 11.8 Å². The smallest absolute Gasteiger partial charge is 0.311 e. The zero-order valence-electron chi connectivity index (χ0n) is 9.86. The van der Waals surface area contributed by atoms with Gasteiger partial charge in [0, 0.05) is 17.7 Å². The highest BCUT2D eigenvalue weighted by Crippen LogP contribution is 2.38. The molecule has 3 unspecified atom stereocenters. The molecule has 0 aromatic rings. The summed E-state index contributed by atoms with van der Waals surface area (Å²) in [5.74, 6) is 0.685. The third kappa shape index (κ3) is 2.42. The molecule has 5 nitrogen and oxygen atoms in total. The number of nitrogens with one attached hydrogen (secondary N) is 2. The maximum Gasteiger partial charge on any atom is 0.311 e. The highest BCUT2D eigenvalue weighted by atomic mass is 32.2. The summed E-state index contributed by atoms with van der Waals surface area (Å²) in [5.41, 5.74) is -0.804. The van der Waals surface area contributed by atoms with Gasteiger partial charge in [-0.15, -0.1) is 11.8 Å². The van der Waals surface area contributed by atoms with Crippen molar-refractivity contribution >= 4 is 23.6 Å². The predicted molar refractivity (Wildman–Crippen MR) is 65.8 cm³/mol. The summed E-state index contributed by atoms with van der Waals surface area (Å²) >= 11 is 1.69. The van der Waals surface area contributed by atoms with Gasteiger partial charge in [0.2, 0.25) is 5.91 Å². The second kappa shape index (κ2) is 4.86. The van der Waals surface area contributed by atoms with Crippen molar-refractivity contribution in [3.8, 4) is 0 Å². The highest BCUT2D eigenvalue weighted by molar-refractivity contribution is 7.99. The van der Waals surface area contributed by atoms with Gasteiger partial charge in [0.05, 0.1) is 11.5 Å². The number of amides is 1. The third-order valence-corrected chi connectivity index (χ3v) is 4.74. The maximum atomic E-state index is 11.9. The van der Waals surface area contributed by atoms with Crippen molar-refractivity contribution < 1.29 is 14.7 Å². The Morgan fingerprint density at radius 1 is 1.53 bits per heavy atom. The summed E-state index contributed by atoms with van der Waals surface area (Å²) in [7, 11) is 0. The third-order valence-electron chi connectivity index (χ3n) is 3.80. The van der Waals surface area contributed by atoms with E-state index in [4.69, 9.17) is 0 Å². The average molecular weight is 258 g/mol. The van der Waals surface area contributed by atoms with Crippen molar-refractivity contribution in [3.05, 3.63) is 0 Å². The number of rotatable bonds is 3. The first-order valence-electron chi connectivity index (χ1n) is 5.89. The molecule has 6 heteroatoms. The SMILES string of the molecule is CC1(C(=O)O)CCCC1NC(=O)C1CSCN1. The predicted octanol–water partition coefficient (Wildman–Crippen LogP) is 0.408. The normalized spacial score (nSPS) is 37.0. The molecule has 0 spiro atoms. The van der Waals surface area contributed by atoms with Crippen molar-refractivity contribution in [2.45, 2.75) is 38.3 Å². The molecule has 1 saturated heterocycles. The molecule has 96 valence electrons. The Bertz CT molecular complexity index is 331. The van der Waals surface area contributed by atoms with Crippen LogP contribution in [0.4, 0.5) is 0 Å². The highest BCUT2D eigenvalue weighted by Gasteiger charge is 2.46. The molecule has 2 aliphatic rings. The minimum absolute atomic E-state index is 0.0608. The summed E-state index contributed by atoms with van der Waals surface area (Å²) in [4.78, 5) is 23.2. The van der Waals surface area contributed by atoms with Gasteiger partial charge in [-0.05, 0) is 19.8 Å². The Kier molecular flexibility index (Phi) is 3.63. The molecule has 0 bridgehead atoms. The van der Waals surface area contributed by atoms with Crippen molar-refractivity contribution in [3.63, 3.8) is 0 Å². The van der Waals surface area contributed by atoms with Crippen molar-refractivity contribution in [1.82, 2.24) is 10.6 Å². The molecule has 1 saturated carbocycles. The molecule has 1 amide bonds. The number of hydrogen-bond acceptors (Lipinski definition) is 4. The van der Waals surface area contributed by atoms with E-state index < -0.39 is 11.4 Å². The fourth-order valence-corrected chi connectivity index (χ4v) is 3.43. The van der Waals surface area contributed by atoms with Gasteiger partial charge in [-0.25, -0.2) is 0 Å². The van der Waals surface area contributed by atoms with Crippen LogP contribution in [0.25, 0.3) is 0 Å². The number of hydrogen-bond donors (Lipinski definition) is 3. The topological polar surface area (TPSA) is 78.4 Å². The Balaban J connectivity index is 1.98. The first-order chi connectivity index (χ1) is 8.04. The molecule has 0 radical (unpaired) electrons. The second-order valence-corrected chi connectivity index (χ2v) is 5.98. The van der Waals surface area contributed by atoms with Crippen LogP contribution in [0.5, 0.6) is 0 Å². The number of thioether (sulfide) groups is 1. The summed E-state index contributed by atoms with van der Waals surface area (Å²) in [6.07, 6.45) is 2.26. The fraction of sp³-hybridized carbons (Fsp3) is 0.818. The molecule has 1 aliphatic carbocycles. The minimum atomic E-state index is -0.811. The standard InChI is InChI=1S/C11H18N2O3S/c1-11(10(15)16)4-2-3-8(11)13-9(14)7-5-17-6-12-7/h7-8,12H,2-6H2,1H3,(H,13,14)(H,15,16). The van der Waals surface area contributed by atoms with Gasteiger partial charge in [-0.3, -0.25) is 14.9 Å². The lowest BCUT2D eigenvalue weighted by Gasteiger charge is -2.28. The van der Waals surface area contributed by atoms with Gasteiger partial charge in [0.15, 0.2) is 0 Å². The summed E-state index contributed by atoms with van der Waals surface area (Å²) in [5, 5.41) is 15.2. The largest absolute Gasteiger partial charge is 0.481 e. The second-order valence-electron chi connectivity index (χ2n) is 4.95. The number of carboxylic acids is 1.